The van der Waals surface area contributed by atoms with Crippen molar-refractivity contribution in [3.05, 3.63) is 59.5 Å². The van der Waals surface area contributed by atoms with Crippen LogP contribution in [-0.4, -0.2) is 29.7 Å². The molecule has 30 heavy (non-hydrogen) atoms. The van der Waals surface area contributed by atoms with Gasteiger partial charge in [0.25, 0.3) is 0 Å². The highest BCUT2D eigenvalue weighted by Gasteiger charge is 2.36. The van der Waals surface area contributed by atoms with E-state index in [1.54, 1.807) is 18.1 Å². The van der Waals surface area contributed by atoms with Gasteiger partial charge in [0, 0.05) is 24.6 Å². The van der Waals surface area contributed by atoms with Crippen molar-refractivity contribution in [1.82, 2.24) is 10.1 Å². The van der Waals surface area contributed by atoms with Crippen LogP contribution < -0.4 is 9.64 Å². The molecule has 0 spiro atoms. The van der Waals surface area contributed by atoms with Crippen molar-refractivity contribution in [3.63, 3.8) is 0 Å². The lowest BCUT2D eigenvalue weighted by Gasteiger charge is -2.19. The first-order chi connectivity index (χ1) is 14.3. The number of amides is 1. The predicted molar refractivity (Wildman–Crippen MR) is 102 cm³/mol. The number of benzene rings is 2. The number of halogens is 3. The molecule has 1 aliphatic heterocycles. The van der Waals surface area contributed by atoms with Gasteiger partial charge in [-0.15, -0.1) is 0 Å². The maximum Gasteiger partial charge on any atom is 0.416 e. The van der Waals surface area contributed by atoms with Gasteiger partial charge in [0.05, 0.1) is 24.3 Å². The summed E-state index contributed by atoms with van der Waals surface area (Å²) in [5, 5.41) is 3.82. The lowest BCUT2D eigenvalue weighted by Crippen LogP contribution is -2.25. The van der Waals surface area contributed by atoms with Crippen molar-refractivity contribution < 1.29 is 27.2 Å². The molecule has 1 aromatic heterocycles. The Bertz CT molecular complexity index is 1090. The molecular formula is C21H18F3N3O3. The Morgan fingerprint density at radius 1 is 1.20 bits per heavy atom. The third kappa shape index (κ3) is 3.74. The van der Waals surface area contributed by atoms with Crippen molar-refractivity contribution >= 4 is 11.6 Å². The van der Waals surface area contributed by atoms with Crippen molar-refractivity contribution in [2.45, 2.75) is 25.4 Å². The number of methoxy groups -OCH3 is 1. The Morgan fingerprint density at radius 2 is 2.00 bits per heavy atom. The molecule has 156 valence electrons. The van der Waals surface area contributed by atoms with E-state index < -0.39 is 11.7 Å². The normalized spacial score (nSPS) is 16.9. The molecule has 2 aromatic carbocycles. The van der Waals surface area contributed by atoms with E-state index in [0.29, 0.717) is 12.3 Å². The fourth-order valence-electron chi connectivity index (χ4n) is 3.47. The minimum Gasteiger partial charge on any atom is -0.497 e. The van der Waals surface area contributed by atoms with Gasteiger partial charge in [-0.2, -0.15) is 18.2 Å². The summed E-state index contributed by atoms with van der Waals surface area (Å²) >= 11 is 0. The molecule has 0 aliphatic carbocycles. The fourth-order valence-corrected chi connectivity index (χ4v) is 3.47. The van der Waals surface area contributed by atoms with Gasteiger partial charge in [-0.25, -0.2) is 0 Å². The Kier molecular flexibility index (Phi) is 4.97. The third-order valence-corrected chi connectivity index (χ3v) is 5.07. The molecular weight excluding hydrogens is 399 g/mol. The average Bonchev–Trinajstić information content (AvgIpc) is 3.35. The maximum absolute atomic E-state index is 13.0. The molecule has 1 fully saturated rings. The Labute approximate surface area is 170 Å². The molecule has 6 nitrogen and oxygen atoms in total. The largest absolute Gasteiger partial charge is 0.497 e. The average molecular weight is 417 g/mol. The molecule has 0 bridgehead atoms. The first-order valence-electron chi connectivity index (χ1n) is 9.22. The van der Waals surface area contributed by atoms with E-state index in [9.17, 15) is 18.0 Å². The van der Waals surface area contributed by atoms with E-state index in [1.165, 1.54) is 12.1 Å². The van der Waals surface area contributed by atoms with Crippen LogP contribution in [0.3, 0.4) is 0 Å². The monoisotopic (exact) mass is 417 g/mol. The number of ether oxygens (including phenoxy) is 1. The number of aryl methyl sites for hydroxylation is 1. The number of hydrogen-bond acceptors (Lipinski definition) is 5. The SMILES string of the molecule is COc1ccc(C)c(N2CC(c3nc(-c4cccc(C(F)(F)F)c4)no3)CC2=O)c1. The van der Waals surface area contributed by atoms with E-state index in [1.807, 2.05) is 19.1 Å². The highest BCUT2D eigenvalue weighted by Crippen LogP contribution is 2.36. The van der Waals surface area contributed by atoms with E-state index in [0.717, 1.165) is 23.4 Å². The molecule has 1 amide bonds. The predicted octanol–water partition coefficient (Wildman–Crippen LogP) is 4.59. The Hall–Kier alpha value is -3.36. The van der Waals surface area contributed by atoms with Crippen LogP contribution in [0, 0.1) is 6.92 Å². The molecule has 9 heteroatoms. The minimum atomic E-state index is -4.46. The van der Waals surface area contributed by atoms with Gasteiger partial charge in [0.15, 0.2) is 0 Å². The van der Waals surface area contributed by atoms with Gasteiger partial charge in [-0.3, -0.25) is 4.79 Å². The van der Waals surface area contributed by atoms with Crippen LogP contribution >= 0.6 is 0 Å². The van der Waals surface area contributed by atoms with Gasteiger partial charge in [0.2, 0.25) is 17.6 Å². The zero-order chi connectivity index (χ0) is 21.5. The zero-order valence-electron chi connectivity index (χ0n) is 16.2. The highest BCUT2D eigenvalue weighted by molar-refractivity contribution is 5.97. The molecule has 0 N–H and O–H groups in total. The van der Waals surface area contributed by atoms with Gasteiger partial charge >= 0.3 is 6.18 Å². The number of rotatable bonds is 4. The number of aromatic nitrogens is 2. The van der Waals surface area contributed by atoms with E-state index in [-0.39, 0.29) is 35.5 Å². The van der Waals surface area contributed by atoms with Gasteiger partial charge in [-0.1, -0.05) is 23.4 Å². The topological polar surface area (TPSA) is 68.5 Å². The number of hydrogen-bond donors (Lipinski definition) is 0. The van der Waals surface area contributed by atoms with Crippen LogP contribution in [0.25, 0.3) is 11.4 Å². The number of anilines is 1. The van der Waals surface area contributed by atoms with Crippen molar-refractivity contribution in [3.8, 4) is 17.1 Å². The lowest BCUT2D eigenvalue weighted by atomic mass is 10.1. The Morgan fingerprint density at radius 3 is 2.73 bits per heavy atom. The van der Waals surface area contributed by atoms with E-state index in [4.69, 9.17) is 9.26 Å². The summed E-state index contributed by atoms with van der Waals surface area (Å²) in [6.07, 6.45) is -4.30. The summed E-state index contributed by atoms with van der Waals surface area (Å²) in [4.78, 5) is 18.5. The van der Waals surface area contributed by atoms with Crippen LogP contribution in [0.4, 0.5) is 18.9 Å². The van der Waals surface area contributed by atoms with Crippen LogP contribution in [0.1, 0.15) is 29.4 Å². The smallest absolute Gasteiger partial charge is 0.416 e. The second kappa shape index (κ2) is 7.47. The molecule has 3 aromatic rings. The van der Waals surface area contributed by atoms with Gasteiger partial charge < -0.3 is 14.2 Å². The third-order valence-electron chi connectivity index (χ3n) is 5.07. The van der Waals surface area contributed by atoms with E-state index >= 15 is 0 Å². The summed E-state index contributed by atoms with van der Waals surface area (Å²) < 4.78 is 49.4. The highest BCUT2D eigenvalue weighted by atomic mass is 19.4. The number of alkyl halides is 3. The first-order valence-corrected chi connectivity index (χ1v) is 9.22. The molecule has 1 atom stereocenters. The Balaban J connectivity index is 1.57. The standard InChI is InChI=1S/C21H18F3N3O3/c1-12-6-7-16(29-2)10-17(12)27-11-14(9-18(27)28)20-25-19(26-30-20)13-4-3-5-15(8-13)21(22,23)24/h3-8,10,14H,9,11H2,1-2H3. The van der Waals surface area contributed by atoms with Gasteiger partial charge in [0.1, 0.15) is 5.75 Å². The van der Waals surface area contributed by atoms with Crippen molar-refractivity contribution in [2.24, 2.45) is 0 Å². The fraction of sp³-hybridized carbons (Fsp3) is 0.286. The zero-order valence-corrected chi connectivity index (χ0v) is 16.2. The summed E-state index contributed by atoms with van der Waals surface area (Å²) in [7, 11) is 1.55. The molecule has 2 heterocycles. The molecule has 1 aliphatic rings. The second-order valence-corrected chi connectivity index (χ2v) is 7.09. The van der Waals surface area contributed by atoms with Crippen LogP contribution in [0.15, 0.2) is 47.0 Å². The molecule has 4 rings (SSSR count). The van der Waals surface area contributed by atoms with Crippen molar-refractivity contribution in [2.75, 3.05) is 18.6 Å². The van der Waals surface area contributed by atoms with Gasteiger partial charge in [-0.05, 0) is 30.7 Å². The molecule has 0 radical (unpaired) electrons. The number of carbonyl (C=O) groups excluding carboxylic acids is 1. The van der Waals surface area contributed by atoms with Crippen LogP contribution in [-0.2, 0) is 11.0 Å². The summed E-state index contributed by atoms with van der Waals surface area (Å²) in [6, 6.07) is 10.2. The first kappa shape index (κ1) is 19.9. The summed E-state index contributed by atoms with van der Waals surface area (Å²) in [5.41, 5.74) is 1.06. The second-order valence-electron chi connectivity index (χ2n) is 7.09. The molecule has 1 saturated heterocycles. The van der Waals surface area contributed by atoms with Crippen LogP contribution in [0.2, 0.25) is 0 Å². The maximum atomic E-state index is 13.0. The quantitative estimate of drug-likeness (QED) is 0.621. The van der Waals surface area contributed by atoms with Crippen molar-refractivity contribution in [1.29, 1.82) is 0 Å². The number of nitrogens with zero attached hydrogens (tertiary/aromatic N) is 3. The van der Waals surface area contributed by atoms with Crippen LogP contribution in [0.5, 0.6) is 5.75 Å². The minimum absolute atomic E-state index is 0.0551. The van der Waals surface area contributed by atoms with E-state index in [2.05, 4.69) is 10.1 Å². The molecule has 0 saturated carbocycles. The number of carbonyl (C=O) groups is 1. The lowest BCUT2D eigenvalue weighted by molar-refractivity contribution is -0.137. The molecule has 1 unspecified atom stereocenters. The summed E-state index contributed by atoms with van der Waals surface area (Å²) in [5.74, 6) is 0.458. The summed E-state index contributed by atoms with van der Waals surface area (Å²) in [6.45, 7) is 2.23.